The summed E-state index contributed by atoms with van der Waals surface area (Å²) in [5.74, 6) is 0.412. The van der Waals surface area contributed by atoms with Crippen LogP contribution in [0.5, 0.6) is 0 Å². The van der Waals surface area contributed by atoms with Gasteiger partial charge in [-0.25, -0.2) is 9.18 Å². The highest BCUT2D eigenvalue weighted by atomic mass is 19.1. The van der Waals surface area contributed by atoms with E-state index >= 15 is 0 Å². The number of carbonyl (C=O) groups is 1. The van der Waals surface area contributed by atoms with Crippen LogP contribution in [0.1, 0.15) is 56.2 Å². The number of nitrogens with one attached hydrogen (secondary N) is 1. The van der Waals surface area contributed by atoms with Crippen LogP contribution in [0.2, 0.25) is 0 Å². The van der Waals surface area contributed by atoms with Gasteiger partial charge < -0.3 is 9.84 Å². The number of amides is 2. The number of benzene rings is 2. The molecule has 1 aromatic heterocycles. The first kappa shape index (κ1) is 21.7. The predicted octanol–water partition coefficient (Wildman–Crippen LogP) is 5.87. The number of hydrogen-bond donors (Lipinski definition) is 1. The lowest BCUT2D eigenvalue weighted by atomic mass is 9.94. The molecular weight excluding hydrogens is 407 g/mol. The van der Waals surface area contributed by atoms with Crippen molar-refractivity contribution in [2.24, 2.45) is 0 Å². The van der Waals surface area contributed by atoms with Crippen LogP contribution in [-0.4, -0.2) is 27.6 Å². The molecule has 3 aromatic rings. The first-order valence-electron chi connectivity index (χ1n) is 10.9. The van der Waals surface area contributed by atoms with Gasteiger partial charge in [0.15, 0.2) is 0 Å². The number of nitrogens with zero attached hydrogens (tertiary/aromatic N) is 3. The second kappa shape index (κ2) is 9.34. The Kier molecular flexibility index (Phi) is 6.35. The van der Waals surface area contributed by atoms with Crippen molar-refractivity contribution in [2.45, 2.75) is 46.1 Å². The average molecular weight is 435 g/mol. The number of unbranched alkanes of at least 4 members (excludes halogenated alkanes) is 2. The van der Waals surface area contributed by atoms with E-state index in [2.05, 4.69) is 22.4 Å². The van der Waals surface area contributed by atoms with Gasteiger partial charge in [-0.15, -0.1) is 0 Å². The molecule has 32 heavy (non-hydrogen) atoms. The highest BCUT2D eigenvalue weighted by Gasteiger charge is 2.35. The van der Waals surface area contributed by atoms with Crippen LogP contribution >= 0.6 is 0 Å². The van der Waals surface area contributed by atoms with E-state index in [4.69, 9.17) is 4.52 Å². The molecule has 0 bridgehead atoms. The highest BCUT2D eigenvalue weighted by molar-refractivity contribution is 5.86. The molecule has 1 aliphatic rings. The van der Waals surface area contributed by atoms with E-state index in [1.54, 1.807) is 17.0 Å². The molecule has 2 heterocycles. The zero-order valence-corrected chi connectivity index (χ0v) is 18.6. The quantitative estimate of drug-likeness (QED) is 0.472. The molecule has 2 amide bonds. The monoisotopic (exact) mass is 434 g/mol. The fourth-order valence-electron chi connectivity index (χ4n) is 4.02. The summed E-state index contributed by atoms with van der Waals surface area (Å²) in [5.41, 5.74) is 3.97. The Hall–Kier alpha value is -3.48. The van der Waals surface area contributed by atoms with Crippen molar-refractivity contribution < 1.29 is 13.7 Å². The van der Waals surface area contributed by atoms with E-state index < -0.39 is 6.04 Å². The van der Waals surface area contributed by atoms with Crippen LogP contribution < -0.4 is 5.32 Å². The maximum absolute atomic E-state index is 14.0. The Bertz CT molecular complexity index is 1150. The van der Waals surface area contributed by atoms with Gasteiger partial charge >= 0.3 is 6.03 Å². The summed E-state index contributed by atoms with van der Waals surface area (Å²) in [6, 6.07) is 13.3. The number of allylic oxidation sites excluding steroid dienone is 1. The van der Waals surface area contributed by atoms with Crippen molar-refractivity contribution in [1.82, 2.24) is 20.4 Å². The molecule has 7 heteroatoms. The molecule has 0 radical (unpaired) electrons. The van der Waals surface area contributed by atoms with E-state index in [1.165, 1.54) is 12.1 Å². The van der Waals surface area contributed by atoms with Crippen molar-refractivity contribution in [3.05, 3.63) is 77.1 Å². The fraction of sp³-hybridized carbons (Fsp3) is 0.320. The molecule has 0 fully saturated rings. The fourth-order valence-corrected chi connectivity index (χ4v) is 4.02. The summed E-state index contributed by atoms with van der Waals surface area (Å²) in [4.78, 5) is 19.3. The van der Waals surface area contributed by atoms with E-state index in [0.29, 0.717) is 29.4 Å². The number of aryl methyl sites for hydroxylation is 1. The van der Waals surface area contributed by atoms with Gasteiger partial charge in [0.2, 0.25) is 5.82 Å². The summed E-state index contributed by atoms with van der Waals surface area (Å²) in [5, 5.41) is 7.19. The highest BCUT2D eigenvalue weighted by Crippen LogP contribution is 2.37. The SMILES string of the molecule is CCCCCN1C(=O)NC(c2cccc(F)c2)C(c2nc(-c3cccc(C)c3)no2)=C1C. The van der Waals surface area contributed by atoms with E-state index in [-0.39, 0.29) is 11.8 Å². The summed E-state index contributed by atoms with van der Waals surface area (Å²) >= 11 is 0. The molecule has 2 aromatic carbocycles. The number of rotatable bonds is 7. The lowest BCUT2D eigenvalue weighted by Gasteiger charge is -2.35. The van der Waals surface area contributed by atoms with Crippen molar-refractivity contribution >= 4 is 11.6 Å². The number of aromatic nitrogens is 2. The van der Waals surface area contributed by atoms with Gasteiger partial charge in [0, 0.05) is 17.8 Å². The third-order valence-electron chi connectivity index (χ3n) is 5.70. The van der Waals surface area contributed by atoms with Gasteiger partial charge in [0.1, 0.15) is 5.82 Å². The van der Waals surface area contributed by atoms with E-state index in [0.717, 1.165) is 36.1 Å². The molecule has 1 N–H and O–H groups in total. The molecule has 4 rings (SSSR count). The topological polar surface area (TPSA) is 71.3 Å². The van der Waals surface area contributed by atoms with Crippen molar-refractivity contribution in [3.8, 4) is 11.4 Å². The first-order chi connectivity index (χ1) is 15.5. The zero-order chi connectivity index (χ0) is 22.7. The predicted molar refractivity (Wildman–Crippen MR) is 121 cm³/mol. The summed E-state index contributed by atoms with van der Waals surface area (Å²) in [6.45, 7) is 6.59. The minimum Gasteiger partial charge on any atom is -0.334 e. The summed E-state index contributed by atoms with van der Waals surface area (Å²) in [6.07, 6.45) is 2.97. The Morgan fingerprint density at radius 3 is 2.69 bits per heavy atom. The van der Waals surface area contributed by atoms with Crippen molar-refractivity contribution in [1.29, 1.82) is 0 Å². The molecule has 6 nitrogen and oxygen atoms in total. The third kappa shape index (κ3) is 4.42. The summed E-state index contributed by atoms with van der Waals surface area (Å²) < 4.78 is 19.7. The minimum absolute atomic E-state index is 0.213. The van der Waals surface area contributed by atoms with Crippen LogP contribution in [0.15, 0.2) is 58.8 Å². The van der Waals surface area contributed by atoms with Gasteiger partial charge in [0.05, 0.1) is 11.6 Å². The molecule has 0 saturated carbocycles. The molecule has 0 saturated heterocycles. The Morgan fingerprint density at radius 1 is 1.12 bits per heavy atom. The molecule has 0 spiro atoms. The number of urea groups is 1. The first-order valence-corrected chi connectivity index (χ1v) is 10.9. The molecule has 1 atom stereocenters. The minimum atomic E-state index is -0.591. The van der Waals surface area contributed by atoms with Crippen LogP contribution in [-0.2, 0) is 0 Å². The lowest BCUT2D eigenvalue weighted by molar-refractivity contribution is 0.204. The smallest absolute Gasteiger partial charge is 0.322 e. The van der Waals surface area contributed by atoms with Gasteiger partial charge in [-0.2, -0.15) is 4.98 Å². The number of hydrogen-bond acceptors (Lipinski definition) is 4. The van der Waals surface area contributed by atoms with E-state index in [1.807, 2.05) is 38.1 Å². The second-order valence-electron chi connectivity index (χ2n) is 8.09. The second-order valence-corrected chi connectivity index (χ2v) is 8.09. The van der Waals surface area contributed by atoms with E-state index in [9.17, 15) is 9.18 Å². The molecular formula is C25H27FN4O2. The van der Waals surface area contributed by atoms with Crippen molar-refractivity contribution in [2.75, 3.05) is 6.54 Å². The number of carbonyl (C=O) groups excluding carboxylic acids is 1. The van der Waals surface area contributed by atoms with Gasteiger partial charge in [0.25, 0.3) is 5.89 Å². The maximum atomic E-state index is 14.0. The van der Waals surface area contributed by atoms with Gasteiger partial charge in [-0.1, -0.05) is 60.8 Å². The van der Waals surface area contributed by atoms with Gasteiger partial charge in [-0.05, 0) is 44.0 Å². The largest absolute Gasteiger partial charge is 0.334 e. The van der Waals surface area contributed by atoms with Crippen LogP contribution in [0.4, 0.5) is 9.18 Å². The molecule has 1 unspecified atom stereocenters. The average Bonchev–Trinajstić information content (AvgIpc) is 3.25. The Balaban J connectivity index is 1.78. The molecule has 0 aliphatic carbocycles. The van der Waals surface area contributed by atoms with Crippen LogP contribution in [0, 0.1) is 12.7 Å². The Morgan fingerprint density at radius 2 is 1.94 bits per heavy atom. The normalized spacial score (nSPS) is 16.4. The molecule has 1 aliphatic heterocycles. The Labute approximate surface area is 187 Å². The van der Waals surface area contributed by atoms with Crippen LogP contribution in [0.3, 0.4) is 0 Å². The maximum Gasteiger partial charge on any atom is 0.322 e. The summed E-state index contributed by atoms with van der Waals surface area (Å²) in [7, 11) is 0. The van der Waals surface area contributed by atoms with Crippen LogP contribution in [0.25, 0.3) is 17.0 Å². The standard InChI is InChI=1S/C25H27FN4O2/c1-4-5-6-13-30-17(3)21(22(27-25(30)31)18-10-8-12-20(26)15-18)24-28-23(29-32-24)19-11-7-9-16(2)14-19/h7-12,14-15,22H,4-6,13H2,1-3H3,(H,27,31). The van der Waals surface area contributed by atoms with Crippen molar-refractivity contribution in [3.63, 3.8) is 0 Å². The lowest BCUT2D eigenvalue weighted by Crippen LogP contribution is -2.46. The zero-order valence-electron chi connectivity index (χ0n) is 18.6. The third-order valence-corrected chi connectivity index (χ3v) is 5.70. The number of halogens is 1. The van der Waals surface area contributed by atoms with Gasteiger partial charge in [-0.3, -0.25) is 4.90 Å². The molecule has 166 valence electrons.